The predicted molar refractivity (Wildman–Crippen MR) is 57.8 cm³/mol. The minimum atomic E-state index is -0.771. The van der Waals surface area contributed by atoms with Gasteiger partial charge in [0.05, 0.1) is 12.6 Å². The molecule has 1 aliphatic carbocycles. The summed E-state index contributed by atoms with van der Waals surface area (Å²) in [4.78, 5) is 12.7. The molecule has 1 saturated carbocycles. The number of rotatable bonds is 6. The van der Waals surface area contributed by atoms with Gasteiger partial charge >= 0.3 is 5.97 Å². The highest BCUT2D eigenvalue weighted by molar-refractivity contribution is 5.69. The molecule has 4 heteroatoms. The van der Waals surface area contributed by atoms with E-state index in [9.17, 15) is 9.90 Å². The number of aliphatic carboxylic acids is 1. The third kappa shape index (κ3) is 4.62. The molecular weight excluding hydrogens is 194 g/mol. The smallest absolute Gasteiger partial charge is 0.317 e. The Kier molecular flexibility index (Phi) is 5.05. The molecule has 1 aliphatic rings. The number of carboxylic acid groups (broad SMARTS) is 1. The minimum Gasteiger partial charge on any atom is -0.480 e. The highest BCUT2D eigenvalue weighted by Crippen LogP contribution is 2.23. The van der Waals surface area contributed by atoms with E-state index in [-0.39, 0.29) is 12.6 Å². The summed E-state index contributed by atoms with van der Waals surface area (Å²) in [6, 6.07) is 0.417. The average Bonchev–Trinajstić information content (AvgIpc) is 2.63. The number of aliphatic hydroxyl groups excluding tert-OH is 1. The lowest BCUT2D eigenvalue weighted by atomic mass is 10.2. The fraction of sp³-hybridized carbons (Fsp3) is 0.909. The van der Waals surface area contributed by atoms with Crippen LogP contribution in [-0.2, 0) is 4.79 Å². The van der Waals surface area contributed by atoms with Crippen LogP contribution < -0.4 is 0 Å². The van der Waals surface area contributed by atoms with Crippen molar-refractivity contribution in [1.82, 2.24) is 4.90 Å². The normalized spacial score (nSPS) is 19.7. The number of carbonyl (C=O) groups is 1. The zero-order valence-electron chi connectivity index (χ0n) is 9.35. The van der Waals surface area contributed by atoms with Crippen LogP contribution in [0.5, 0.6) is 0 Å². The molecule has 0 radical (unpaired) electrons. The molecule has 1 fully saturated rings. The van der Waals surface area contributed by atoms with Gasteiger partial charge in [0.2, 0.25) is 0 Å². The van der Waals surface area contributed by atoms with Crippen molar-refractivity contribution < 1.29 is 15.0 Å². The lowest BCUT2D eigenvalue weighted by Crippen LogP contribution is -2.39. The molecule has 4 nitrogen and oxygen atoms in total. The van der Waals surface area contributed by atoms with E-state index in [4.69, 9.17) is 5.11 Å². The molecule has 0 heterocycles. The number of hydrogen-bond donors (Lipinski definition) is 2. The van der Waals surface area contributed by atoms with Crippen LogP contribution in [0.1, 0.15) is 39.0 Å². The lowest BCUT2D eigenvalue weighted by Gasteiger charge is -2.27. The molecule has 2 N–H and O–H groups in total. The van der Waals surface area contributed by atoms with Crippen molar-refractivity contribution in [2.75, 3.05) is 13.1 Å². The first-order valence-electron chi connectivity index (χ1n) is 5.73. The van der Waals surface area contributed by atoms with Gasteiger partial charge in [-0.1, -0.05) is 12.8 Å². The van der Waals surface area contributed by atoms with Gasteiger partial charge in [0.25, 0.3) is 0 Å². The molecule has 0 saturated heterocycles. The van der Waals surface area contributed by atoms with Crippen molar-refractivity contribution >= 4 is 5.97 Å². The summed E-state index contributed by atoms with van der Waals surface area (Å²) in [5.41, 5.74) is 0. The Bertz CT molecular complexity index is 200. The van der Waals surface area contributed by atoms with Crippen LogP contribution in [0.2, 0.25) is 0 Å². The van der Waals surface area contributed by atoms with Crippen molar-refractivity contribution in [2.24, 2.45) is 0 Å². The predicted octanol–water partition coefficient (Wildman–Crippen LogP) is 1.09. The van der Waals surface area contributed by atoms with Gasteiger partial charge in [0.15, 0.2) is 0 Å². The molecule has 1 unspecified atom stereocenters. The molecule has 88 valence electrons. The van der Waals surface area contributed by atoms with Crippen molar-refractivity contribution in [3.63, 3.8) is 0 Å². The zero-order chi connectivity index (χ0) is 11.3. The average molecular weight is 215 g/mol. The Balaban J connectivity index is 2.40. The standard InChI is InChI=1S/C11H21NO3/c1-9(13)6-7-12(8-11(14)15)10-4-2-3-5-10/h9-10,13H,2-8H2,1H3,(H,14,15). The first-order valence-corrected chi connectivity index (χ1v) is 5.73. The van der Waals surface area contributed by atoms with Crippen molar-refractivity contribution in [3.05, 3.63) is 0 Å². The fourth-order valence-corrected chi connectivity index (χ4v) is 2.19. The van der Waals surface area contributed by atoms with Crippen LogP contribution in [0.3, 0.4) is 0 Å². The SMILES string of the molecule is CC(O)CCN(CC(=O)O)C1CCCC1. The van der Waals surface area contributed by atoms with Gasteiger partial charge in [0, 0.05) is 12.6 Å². The van der Waals surface area contributed by atoms with Crippen LogP contribution in [-0.4, -0.2) is 46.3 Å². The first kappa shape index (κ1) is 12.5. The summed E-state index contributed by atoms with van der Waals surface area (Å²) in [5, 5.41) is 18.0. The van der Waals surface area contributed by atoms with Crippen LogP contribution in [0.25, 0.3) is 0 Å². The number of carboxylic acids is 1. The maximum Gasteiger partial charge on any atom is 0.317 e. The van der Waals surface area contributed by atoms with E-state index >= 15 is 0 Å². The quantitative estimate of drug-likeness (QED) is 0.696. The second-order valence-corrected chi connectivity index (χ2v) is 4.44. The molecule has 0 aromatic heterocycles. The highest BCUT2D eigenvalue weighted by atomic mass is 16.4. The van der Waals surface area contributed by atoms with Crippen LogP contribution in [0.4, 0.5) is 0 Å². The lowest BCUT2D eigenvalue weighted by molar-refractivity contribution is -0.139. The molecular formula is C11H21NO3. The second kappa shape index (κ2) is 6.08. The molecule has 0 aromatic carbocycles. The highest BCUT2D eigenvalue weighted by Gasteiger charge is 2.24. The van der Waals surface area contributed by atoms with Gasteiger partial charge in [-0.15, -0.1) is 0 Å². The number of hydrogen-bond acceptors (Lipinski definition) is 3. The van der Waals surface area contributed by atoms with Crippen molar-refractivity contribution in [1.29, 1.82) is 0 Å². The first-order chi connectivity index (χ1) is 7.09. The third-order valence-electron chi connectivity index (χ3n) is 3.01. The van der Waals surface area contributed by atoms with E-state index in [1.54, 1.807) is 6.92 Å². The zero-order valence-corrected chi connectivity index (χ0v) is 9.35. The Morgan fingerprint density at radius 1 is 1.47 bits per heavy atom. The van der Waals surface area contributed by atoms with Gasteiger partial charge in [0.1, 0.15) is 0 Å². The Morgan fingerprint density at radius 2 is 2.07 bits per heavy atom. The molecule has 15 heavy (non-hydrogen) atoms. The molecule has 0 bridgehead atoms. The molecule has 0 spiro atoms. The molecule has 0 amide bonds. The van der Waals surface area contributed by atoms with Gasteiger partial charge in [-0.25, -0.2) is 0 Å². The van der Waals surface area contributed by atoms with Crippen molar-refractivity contribution in [3.8, 4) is 0 Å². The van der Waals surface area contributed by atoms with E-state index in [2.05, 4.69) is 0 Å². The summed E-state index contributed by atoms with van der Waals surface area (Å²) >= 11 is 0. The van der Waals surface area contributed by atoms with Gasteiger partial charge in [-0.2, -0.15) is 0 Å². The fourth-order valence-electron chi connectivity index (χ4n) is 2.19. The maximum absolute atomic E-state index is 10.7. The Hall–Kier alpha value is -0.610. The molecule has 0 aliphatic heterocycles. The van der Waals surface area contributed by atoms with E-state index < -0.39 is 5.97 Å². The van der Waals surface area contributed by atoms with E-state index in [0.29, 0.717) is 19.0 Å². The minimum absolute atomic E-state index is 0.109. The monoisotopic (exact) mass is 215 g/mol. The number of nitrogens with zero attached hydrogens (tertiary/aromatic N) is 1. The van der Waals surface area contributed by atoms with Crippen LogP contribution in [0, 0.1) is 0 Å². The topological polar surface area (TPSA) is 60.8 Å². The summed E-state index contributed by atoms with van der Waals surface area (Å²) in [5.74, 6) is -0.771. The Morgan fingerprint density at radius 3 is 2.53 bits per heavy atom. The van der Waals surface area contributed by atoms with Gasteiger partial charge in [-0.3, -0.25) is 9.69 Å². The van der Waals surface area contributed by atoms with E-state index in [1.807, 2.05) is 4.90 Å². The summed E-state index contributed by atoms with van der Waals surface area (Å²) < 4.78 is 0. The summed E-state index contributed by atoms with van der Waals surface area (Å²) in [7, 11) is 0. The Labute approximate surface area is 90.9 Å². The van der Waals surface area contributed by atoms with Crippen molar-refractivity contribution in [2.45, 2.75) is 51.2 Å². The molecule has 0 aromatic rings. The third-order valence-corrected chi connectivity index (χ3v) is 3.01. The van der Waals surface area contributed by atoms with E-state index in [1.165, 1.54) is 12.8 Å². The molecule has 1 rings (SSSR count). The van der Waals surface area contributed by atoms with Gasteiger partial charge < -0.3 is 10.2 Å². The summed E-state index contributed by atoms with van der Waals surface area (Å²) in [6.45, 7) is 2.54. The largest absolute Gasteiger partial charge is 0.480 e. The van der Waals surface area contributed by atoms with Crippen LogP contribution in [0.15, 0.2) is 0 Å². The maximum atomic E-state index is 10.7. The van der Waals surface area contributed by atoms with E-state index in [0.717, 1.165) is 12.8 Å². The van der Waals surface area contributed by atoms with Crippen LogP contribution >= 0.6 is 0 Å². The van der Waals surface area contributed by atoms with Gasteiger partial charge in [-0.05, 0) is 26.2 Å². The number of aliphatic hydroxyl groups is 1. The second-order valence-electron chi connectivity index (χ2n) is 4.44. The molecule has 1 atom stereocenters. The summed E-state index contributed by atoms with van der Waals surface area (Å²) in [6.07, 6.45) is 4.93.